The van der Waals surface area contributed by atoms with E-state index in [1.165, 1.54) is 11.8 Å². The van der Waals surface area contributed by atoms with E-state index in [2.05, 4.69) is 31.2 Å². The zero-order chi connectivity index (χ0) is 24.7. The summed E-state index contributed by atoms with van der Waals surface area (Å²) in [5, 5.41) is 14.5. The van der Waals surface area contributed by atoms with Crippen LogP contribution in [-0.2, 0) is 4.99 Å². The minimum Gasteiger partial charge on any atom is -0.286 e. The fraction of sp³-hybridized carbons (Fsp3) is 0.100. The second-order valence-corrected chi connectivity index (χ2v) is 10.00. The van der Waals surface area contributed by atoms with Crippen LogP contribution in [0.1, 0.15) is 34.0 Å². The third-order valence-corrected chi connectivity index (χ3v) is 7.74. The highest BCUT2D eigenvalue weighted by Crippen LogP contribution is 2.54. The van der Waals surface area contributed by atoms with Crippen molar-refractivity contribution in [3.8, 4) is 0 Å². The topological polar surface area (TPSA) is 48.3 Å². The number of Topliss-reactive ketones (excluding diaryl/α,β-unsaturated/α-hetero) is 1. The molecule has 6 rings (SSSR count). The van der Waals surface area contributed by atoms with Gasteiger partial charge in [-0.05, 0) is 49.9 Å². The summed E-state index contributed by atoms with van der Waals surface area (Å²) in [7, 11) is 0. The number of carbonyl (C=O) groups is 1. The van der Waals surface area contributed by atoms with Gasteiger partial charge in [-0.15, -0.1) is 0 Å². The Bertz CT molecular complexity index is 1500. The van der Waals surface area contributed by atoms with E-state index >= 15 is 0 Å². The number of hydrogen-bond donors (Lipinski definition) is 0. The van der Waals surface area contributed by atoms with Crippen LogP contribution in [0.3, 0.4) is 0 Å². The smallest absolute Gasteiger partial charge is 0.234 e. The first-order valence-corrected chi connectivity index (χ1v) is 12.6. The molecule has 4 aromatic rings. The van der Waals surface area contributed by atoms with E-state index in [4.69, 9.17) is 10.2 Å². The summed E-state index contributed by atoms with van der Waals surface area (Å²) in [5.41, 5.74) is 6.55. The molecule has 2 aliphatic rings. The van der Waals surface area contributed by atoms with E-state index in [0.717, 1.165) is 33.8 Å². The average molecular weight is 489 g/mol. The number of para-hydroxylation sites is 1. The van der Waals surface area contributed by atoms with Gasteiger partial charge in [0.1, 0.15) is 0 Å². The van der Waals surface area contributed by atoms with Crippen molar-refractivity contribution in [3.05, 3.63) is 131 Å². The number of aryl methyl sites for hydroxylation is 1. The summed E-state index contributed by atoms with van der Waals surface area (Å²) in [4.78, 5) is 12.8. The molecule has 0 fully saturated rings. The van der Waals surface area contributed by atoms with E-state index < -0.39 is 4.99 Å². The van der Waals surface area contributed by atoms with Crippen LogP contribution >= 0.6 is 11.8 Å². The van der Waals surface area contributed by atoms with Crippen molar-refractivity contribution in [2.24, 2.45) is 10.2 Å². The lowest BCUT2D eigenvalue weighted by molar-refractivity contribution is 0.106. The van der Waals surface area contributed by atoms with Crippen molar-refractivity contribution >= 4 is 39.7 Å². The van der Waals surface area contributed by atoms with Crippen LogP contribution in [0.25, 0.3) is 0 Å². The van der Waals surface area contributed by atoms with Crippen LogP contribution < -0.4 is 10.0 Å². The molecule has 4 aromatic carbocycles. The lowest BCUT2D eigenvalue weighted by Gasteiger charge is -2.46. The molecular formula is C30H24N4OS. The van der Waals surface area contributed by atoms with Crippen LogP contribution in [-0.4, -0.2) is 16.5 Å². The minimum absolute atomic E-state index is 0.105. The molecule has 0 radical (unpaired) electrons. The van der Waals surface area contributed by atoms with Crippen molar-refractivity contribution in [1.29, 1.82) is 0 Å². The summed E-state index contributed by atoms with van der Waals surface area (Å²) in [6, 6.07) is 35.9. The molecule has 0 unspecified atom stereocenters. The summed E-state index contributed by atoms with van der Waals surface area (Å²) in [6.45, 7) is 4.08. The molecule has 0 amide bonds. The highest BCUT2D eigenvalue weighted by Gasteiger charge is 2.55. The molecule has 0 saturated carbocycles. The van der Waals surface area contributed by atoms with E-state index in [0.29, 0.717) is 10.6 Å². The predicted octanol–water partition coefficient (Wildman–Crippen LogP) is 6.80. The van der Waals surface area contributed by atoms with Crippen molar-refractivity contribution in [2.45, 2.75) is 18.8 Å². The number of fused-ring (bicyclic) bond motifs is 2. The number of hydrazone groups is 2. The number of ketones is 1. The Morgan fingerprint density at radius 2 is 1.28 bits per heavy atom. The minimum atomic E-state index is -0.924. The molecule has 0 aliphatic carbocycles. The Labute approximate surface area is 214 Å². The highest BCUT2D eigenvalue weighted by molar-refractivity contribution is 8.17. The quantitative estimate of drug-likeness (QED) is 0.297. The van der Waals surface area contributed by atoms with Crippen molar-refractivity contribution in [1.82, 2.24) is 0 Å². The van der Waals surface area contributed by atoms with Crippen LogP contribution in [0.2, 0.25) is 0 Å². The number of hydrogen-bond acceptors (Lipinski definition) is 6. The van der Waals surface area contributed by atoms with E-state index in [9.17, 15) is 4.79 Å². The third kappa shape index (κ3) is 3.53. The Kier molecular flexibility index (Phi) is 5.46. The lowest BCUT2D eigenvalue weighted by Crippen LogP contribution is -2.53. The van der Waals surface area contributed by atoms with E-state index in [1.807, 2.05) is 102 Å². The van der Waals surface area contributed by atoms with Gasteiger partial charge in [-0.1, -0.05) is 90.5 Å². The maximum atomic E-state index is 13.7. The Morgan fingerprint density at radius 1 is 0.694 bits per heavy atom. The number of rotatable bonds is 4. The van der Waals surface area contributed by atoms with Crippen LogP contribution in [0.4, 0.5) is 11.4 Å². The first-order chi connectivity index (χ1) is 17.6. The van der Waals surface area contributed by atoms with Crippen molar-refractivity contribution in [3.63, 3.8) is 0 Å². The first-order valence-electron chi connectivity index (χ1n) is 11.8. The maximum Gasteiger partial charge on any atom is 0.234 e. The second kappa shape index (κ2) is 8.81. The molecule has 0 N–H and O–H groups in total. The van der Waals surface area contributed by atoms with Crippen molar-refractivity contribution < 1.29 is 4.79 Å². The number of carbonyl (C=O) groups excluding carboxylic acids is 1. The van der Waals surface area contributed by atoms with Gasteiger partial charge < -0.3 is 0 Å². The third-order valence-electron chi connectivity index (χ3n) is 6.43. The predicted molar refractivity (Wildman–Crippen MR) is 149 cm³/mol. The van der Waals surface area contributed by atoms with Crippen LogP contribution in [0.15, 0.2) is 119 Å². The van der Waals surface area contributed by atoms with Gasteiger partial charge in [-0.2, -0.15) is 10.2 Å². The lowest BCUT2D eigenvalue weighted by atomic mass is 9.98. The molecule has 0 aromatic heterocycles. The molecule has 0 bridgehead atoms. The van der Waals surface area contributed by atoms with Crippen molar-refractivity contribution in [2.75, 3.05) is 10.0 Å². The summed E-state index contributed by atoms with van der Waals surface area (Å²) in [5.74, 6) is -0.105. The van der Waals surface area contributed by atoms with Gasteiger partial charge in [0.25, 0.3) is 0 Å². The number of thioether (sulfide) groups is 1. The molecule has 1 atom stereocenters. The fourth-order valence-electron chi connectivity index (χ4n) is 4.65. The largest absolute Gasteiger partial charge is 0.286 e. The van der Waals surface area contributed by atoms with Gasteiger partial charge in [0.15, 0.2) is 5.04 Å². The SMILES string of the molecule is CC1=NN(c2ccccc2)[C@@]2(SC(C(=O)c3ccccc3)=NN2c2ccc(C)cc2)c2ccccc21. The first kappa shape index (κ1) is 22.3. The summed E-state index contributed by atoms with van der Waals surface area (Å²) < 4.78 is 0. The van der Waals surface area contributed by atoms with Gasteiger partial charge >= 0.3 is 0 Å². The number of nitrogens with zero attached hydrogens (tertiary/aromatic N) is 4. The molecule has 36 heavy (non-hydrogen) atoms. The maximum absolute atomic E-state index is 13.7. The molecule has 176 valence electrons. The zero-order valence-electron chi connectivity index (χ0n) is 20.0. The molecule has 0 saturated heterocycles. The van der Waals surface area contributed by atoms with Gasteiger partial charge in [-0.3, -0.25) is 4.79 Å². The molecule has 2 aliphatic heterocycles. The average Bonchev–Trinajstić information content (AvgIpc) is 3.33. The Balaban J connectivity index is 1.60. The Morgan fingerprint density at radius 3 is 2.00 bits per heavy atom. The second-order valence-electron chi connectivity index (χ2n) is 8.84. The normalized spacial score (nSPS) is 18.6. The molecule has 1 spiro atoms. The van der Waals surface area contributed by atoms with Gasteiger partial charge in [0.2, 0.25) is 10.8 Å². The zero-order valence-corrected chi connectivity index (χ0v) is 20.8. The highest BCUT2D eigenvalue weighted by atomic mass is 32.2. The standard InChI is InChI=1S/C30H24N4OS/c1-21-17-19-25(20-18-21)34-30(36-29(32-34)28(35)23-11-5-3-6-12-23)27-16-10-9-15-26(27)22(2)31-33(30)24-13-7-4-8-14-24/h3-20H,1-2H3/t30-/m0/s1. The number of benzene rings is 4. The van der Waals surface area contributed by atoms with E-state index in [1.54, 1.807) is 0 Å². The molecular weight excluding hydrogens is 464 g/mol. The van der Waals surface area contributed by atoms with E-state index in [-0.39, 0.29) is 5.78 Å². The van der Waals surface area contributed by atoms with Crippen LogP contribution in [0.5, 0.6) is 0 Å². The van der Waals surface area contributed by atoms with Gasteiger partial charge in [-0.25, -0.2) is 10.0 Å². The van der Waals surface area contributed by atoms with Gasteiger partial charge in [0.05, 0.1) is 17.1 Å². The molecule has 5 nitrogen and oxygen atoms in total. The number of anilines is 2. The Hall–Kier alpha value is -4.16. The summed E-state index contributed by atoms with van der Waals surface area (Å²) in [6.07, 6.45) is 0. The molecule has 2 heterocycles. The van der Waals surface area contributed by atoms with Crippen LogP contribution in [0, 0.1) is 6.92 Å². The van der Waals surface area contributed by atoms with Gasteiger partial charge in [0, 0.05) is 16.7 Å². The monoisotopic (exact) mass is 488 g/mol. The summed E-state index contributed by atoms with van der Waals surface area (Å²) >= 11 is 1.44. The molecule has 6 heteroatoms. The fourth-order valence-corrected chi connectivity index (χ4v) is 6.01.